The lowest BCUT2D eigenvalue weighted by Crippen LogP contribution is -2.45. The van der Waals surface area contributed by atoms with Gasteiger partial charge in [0, 0.05) is 32.2 Å². The number of hydrogen-bond acceptors (Lipinski definition) is 3. The standard InChI is InChI=1S/C25H36N2O.2ClH/c1-19(2)10-11-24(27-14-12-26-13-15-27)23-16-20(3)25(21(4)17-23)28-18-22-8-6-5-7-9-22;;/h5-9,16-17,19,24,26H,10-15,18H2,1-4H3;2*1H/t24-;;/m0../s1. The lowest BCUT2D eigenvalue weighted by Gasteiger charge is -2.36. The van der Waals surface area contributed by atoms with Crippen molar-refractivity contribution in [2.24, 2.45) is 5.92 Å². The van der Waals surface area contributed by atoms with E-state index in [9.17, 15) is 0 Å². The molecule has 0 unspecified atom stereocenters. The molecule has 1 heterocycles. The molecule has 2 aromatic carbocycles. The minimum atomic E-state index is 0. The SMILES string of the molecule is Cc1cc([C@H](CCC(C)C)N2CCNCC2)cc(C)c1OCc1ccccc1.Cl.Cl. The minimum absolute atomic E-state index is 0. The smallest absolute Gasteiger partial charge is 0.125 e. The quantitative estimate of drug-likeness (QED) is 0.522. The summed E-state index contributed by atoms with van der Waals surface area (Å²) in [5.74, 6) is 1.77. The molecule has 1 N–H and O–H groups in total. The largest absolute Gasteiger partial charge is 0.488 e. The molecule has 168 valence electrons. The van der Waals surface area contributed by atoms with Gasteiger partial charge in [-0.3, -0.25) is 4.90 Å². The second-order valence-corrected chi connectivity index (χ2v) is 8.53. The van der Waals surface area contributed by atoms with Crippen molar-refractivity contribution in [3.8, 4) is 5.75 Å². The molecule has 1 atom stereocenters. The van der Waals surface area contributed by atoms with Gasteiger partial charge in [-0.1, -0.05) is 56.3 Å². The highest BCUT2D eigenvalue weighted by Crippen LogP contribution is 2.33. The van der Waals surface area contributed by atoms with Crippen LogP contribution >= 0.6 is 24.8 Å². The highest BCUT2D eigenvalue weighted by atomic mass is 35.5. The number of aryl methyl sites for hydroxylation is 2. The summed E-state index contributed by atoms with van der Waals surface area (Å²) in [5, 5.41) is 3.49. The molecule has 0 spiro atoms. The van der Waals surface area contributed by atoms with E-state index in [0.29, 0.717) is 12.6 Å². The van der Waals surface area contributed by atoms with Crippen LogP contribution in [-0.2, 0) is 6.61 Å². The van der Waals surface area contributed by atoms with Crippen LogP contribution in [0.1, 0.15) is 55.0 Å². The minimum Gasteiger partial charge on any atom is -0.488 e. The number of benzene rings is 2. The first-order chi connectivity index (χ1) is 13.5. The summed E-state index contributed by atoms with van der Waals surface area (Å²) in [6.07, 6.45) is 2.49. The molecule has 0 aliphatic carbocycles. The van der Waals surface area contributed by atoms with E-state index < -0.39 is 0 Å². The molecule has 1 saturated heterocycles. The molecule has 30 heavy (non-hydrogen) atoms. The first kappa shape index (κ1) is 26.8. The number of hydrogen-bond donors (Lipinski definition) is 1. The molecule has 1 fully saturated rings. The Morgan fingerprint density at radius 2 is 1.53 bits per heavy atom. The highest BCUT2D eigenvalue weighted by Gasteiger charge is 2.23. The Morgan fingerprint density at radius 3 is 2.10 bits per heavy atom. The predicted octanol–water partition coefficient (Wildman–Crippen LogP) is 6.11. The van der Waals surface area contributed by atoms with Crippen molar-refractivity contribution in [2.75, 3.05) is 26.2 Å². The van der Waals surface area contributed by atoms with E-state index >= 15 is 0 Å². The maximum absolute atomic E-state index is 6.21. The predicted molar refractivity (Wildman–Crippen MR) is 132 cm³/mol. The zero-order valence-corrected chi connectivity index (χ0v) is 20.5. The van der Waals surface area contributed by atoms with Crippen molar-refractivity contribution in [3.05, 3.63) is 64.7 Å². The van der Waals surface area contributed by atoms with Crippen LogP contribution in [0.5, 0.6) is 5.75 Å². The topological polar surface area (TPSA) is 24.5 Å². The van der Waals surface area contributed by atoms with E-state index in [1.165, 1.54) is 35.1 Å². The van der Waals surface area contributed by atoms with Crippen LogP contribution in [-0.4, -0.2) is 31.1 Å². The van der Waals surface area contributed by atoms with Gasteiger partial charge in [-0.25, -0.2) is 0 Å². The summed E-state index contributed by atoms with van der Waals surface area (Å²) in [4.78, 5) is 2.66. The Hall–Kier alpha value is -1.26. The number of rotatable bonds is 8. The fraction of sp³-hybridized carbons (Fsp3) is 0.520. The summed E-state index contributed by atoms with van der Waals surface area (Å²) >= 11 is 0. The summed E-state index contributed by atoms with van der Waals surface area (Å²) in [7, 11) is 0. The Balaban J connectivity index is 0.00000225. The normalized spacial score (nSPS) is 15.2. The van der Waals surface area contributed by atoms with Gasteiger partial charge in [0.05, 0.1) is 0 Å². The summed E-state index contributed by atoms with van der Waals surface area (Å²) < 4.78 is 6.21. The second kappa shape index (κ2) is 13.2. The van der Waals surface area contributed by atoms with Crippen molar-refractivity contribution >= 4 is 24.8 Å². The molecule has 5 heteroatoms. The van der Waals surface area contributed by atoms with Crippen LogP contribution in [0.2, 0.25) is 0 Å². The molecule has 2 aromatic rings. The molecule has 3 rings (SSSR count). The van der Waals surface area contributed by atoms with E-state index in [1.807, 2.05) is 6.07 Å². The Labute approximate surface area is 195 Å². The van der Waals surface area contributed by atoms with Crippen LogP contribution in [0.15, 0.2) is 42.5 Å². The molecular weight excluding hydrogens is 415 g/mol. The van der Waals surface area contributed by atoms with Crippen LogP contribution in [0, 0.1) is 19.8 Å². The molecule has 3 nitrogen and oxygen atoms in total. The molecule has 1 aliphatic heterocycles. The maximum Gasteiger partial charge on any atom is 0.125 e. The molecule has 0 bridgehead atoms. The van der Waals surface area contributed by atoms with Gasteiger partial charge in [0.25, 0.3) is 0 Å². The zero-order valence-electron chi connectivity index (χ0n) is 18.8. The van der Waals surface area contributed by atoms with Gasteiger partial charge in [-0.05, 0) is 54.9 Å². The van der Waals surface area contributed by atoms with Crippen LogP contribution in [0.4, 0.5) is 0 Å². The van der Waals surface area contributed by atoms with Crippen LogP contribution in [0.3, 0.4) is 0 Å². The number of piperazine rings is 1. The number of halogens is 2. The summed E-state index contributed by atoms with van der Waals surface area (Å²) in [5.41, 5.74) is 5.15. The molecule has 0 saturated carbocycles. The molecular formula is C25H38Cl2N2O. The fourth-order valence-electron chi connectivity index (χ4n) is 4.18. The van der Waals surface area contributed by atoms with Gasteiger partial charge in [0.15, 0.2) is 0 Å². The number of ether oxygens (including phenoxy) is 1. The average Bonchev–Trinajstić information content (AvgIpc) is 2.69. The highest BCUT2D eigenvalue weighted by molar-refractivity contribution is 5.85. The van der Waals surface area contributed by atoms with Gasteiger partial charge in [-0.15, -0.1) is 24.8 Å². The molecule has 0 aromatic heterocycles. The zero-order chi connectivity index (χ0) is 19.9. The van der Waals surface area contributed by atoms with E-state index in [2.05, 4.69) is 74.3 Å². The van der Waals surface area contributed by atoms with Crippen molar-refractivity contribution in [3.63, 3.8) is 0 Å². The Bertz CT molecular complexity index is 723. The second-order valence-electron chi connectivity index (χ2n) is 8.53. The fourth-order valence-corrected chi connectivity index (χ4v) is 4.18. The van der Waals surface area contributed by atoms with Gasteiger partial charge in [-0.2, -0.15) is 0 Å². The van der Waals surface area contributed by atoms with Gasteiger partial charge in [0.1, 0.15) is 12.4 Å². The third-order valence-corrected chi connectivity index (χ3v) is 5.70. The van der Waals surface area contributed by atoms with E-state index in [0.717, 1.165) is 37.8 Å². The summed E-state index contributed by atoms with van der Waals surface area (Å²) in [6, 6.07) is 15.6. The van der Waals surface area contributed by atoms with Crippen LogP contribution < -0.4 is 10.1 Å². The molecule has 0 radical (unpaired) electrons. The Kier molecular flexibility index (Phi) is 11.8. The monoisotopic (exact) mass is 452 g/mol. The number of nitrogens with one attached hydrogen (secondary N) is 1. The molecule has 1 aliphatic rings. The lowest BCUT2D eigenvalue weighted by atomic mass is 9.93. The average molecular weight is 453 g/mol. The summed E-state index contributed by atoms with van der Waals surface area (Å²) in [6.45, 7) is 14.1. The van der Waals surface area contributed by atoms with E-state index in [-0.39, 0.29) is 24.8 Å². The lowest BCUT2D eigenvalue weighted by molar-refractivity contribution is 0.159. The van der Waals surface area contributed by atoms with Crippen molar-refractivity contribution in [1.82, 2.24) is 10.2 Å². The Morgan fingerprint density at radius 1 is 0.933 bits per heavy atom. The van der Waals surface area contributed by atoms with Gasteiger partial charge >= 0.3 is 0 Å². The van der Waals surface area contributed by atoms with Crippen LogP contribution in [0.25, 0.3) is 0 Å². The first-order valence-electron chi connectivity index (χ1n) is 10.8. The number of nitrogens with zero attached hydrogens (tertiary/aromatic N) is 1. The van der Waals surface area contributed by atoms with E-state index in [4.69, 9.17) is 4.74 Å². The van der Waals surface area contributed by atoms with Crippen molar-refractivity contribution in [2.45, 2.75) is 53.2 Å². The van der Waals surface area contributed by atoms with Gasteiger partial charge in [0.2, 0.25) is 0 Å². The maximum atomic E-state index is 6.21. The first-order valence-corrected chi connectivity index (χ1v) is 10.8. The van der Waals surface area contributed by atoms with Crippen molar-refractivity contribution < 1.29 is 4.74 Å². The van der Waals surface area contributed by atoms with E-state index in [1.54, 1.807) is 0 Å². The molecule has 0 amide bonds. The third kappa shape index (κ3) is 7.46. The third-order valence-electron chi connectivity index (χ3n) is 5.70. The van der Waals surface area contributed by atoms with Crippen molar-refractivity contribution in [1.29, 1.82) is 0 Å². The van der Waals surface area contributed by atoms with Gasteiger partial charge < -0.3 is 10.1 Å².